The summed E-state index contributed by atoms with van der Waals surface area (Å²) in [6.07, 6.45) is 0. The van der Waals surface area contributed by atoms with Crippen molar-refractivity contribution in [2.45, 2.75) is 19.9 Å². The van der Waals surface area contributed by atoms with Gasteiger partial charge in [-0.3, -0.25) is 4.79 Å². The molecule has 0 saturated carbocycles. The highest BCUT2D eigenvalue weighted by atomic mass is 16.5. The van der Waals surface area contributed by atoms with Crippen molar-refractivity contribution in [3.05, 3.63) is 11.7 Å². The smallest absolute Gasteiger partial charge is 0.292 e. The Labute approximate surface area is 81.9 Å². The van der Waals surface area contributed by atoms with Crippen LogP contribution in [0.5, 0.6) is 0 Å². The largest absolute Gasteiger partial charge is 0.352 e. The van der Waals surface area contributed by atoms with Gasteiger partial charge in [-0.25, -0.2) is 0 Å². The minimum Gasteiger partial charge on any atom is -0.352 e. The third-order valence-corrected chi connectivity index (χ3v) is 1.88. The van der Waals surface area contributed by atoms with E-state index < -0.39 is 0 Å². The topological polar surface area (TPSA) is 94.0 Å². The Kier molecular flexibility index (Phi) is 3.19. The second-order valence-electron chi connectivity index (χ2n) is 3.31. The molecule has 6 heteroatoms. The summed E-state index contributed by atoms with van der Waals surface area (Å²) in [7, 11) is 1.50. The second kappa shape index (κ2) is 4.19. The van der Waals surface area contributed by atoms with E-state index >= 15 is 0 Å². The van der Waals surface area contributed by atoms with Gasteiger partial charge in [0.25, 0.3) is 11.7 Å². The maximum Gasteiger partial charge on any atom is 0.292 e. The molecule has 78 valence electrons. The molecule has 0 aliphatic carbocycles. The fourth-order valence-corrected chi connectivity index (χ4v) is 0.860. The highest BCUT2D eigenvalue weighted by Gasteiger charge is 2.20. The standard InChI is InChI=1S/C8H14N4O2/c1-4(2)5(9)8-11-6(12-14-8)7(13)10-3/h4-5H,9H2,1-3H3,(H,10,13)/t5-/m1/s1. The van der Waals surface area contributed by atoms with Crippen molar-refractivity contribution in [2.24, 2.45) is 11.7 Å². The van der Waals surface area contributed by atoms with E-state index in [0.717, 1.165) is 0 Å². The molecule has 1 amide bonds. The monoisotopic (exact) mass is 198 g/mol. The summed E-state index contributed by atoms with van der Waals surface area (Å²) in [4.78, 5) is 15.0. The van der Waals surface area contributed by atoms with Crippen LogP contribution in [0.1, 0.15) is 36.4 Å². The van der Waals surface area contributed by atoms with Gasteiger partial charge in [-0.15, -0.1) is 0 Å². The van der Waals surface area contributed by atoms with E-state index in [0.29, 0.717) is 5.89 Å². The maximum absolute atomic E-state index is 11.1. The Hall–Kier alpha value is -1.43. The lowest BCUT2D eigenvalue weighted by Crippen LogP contribution is -2.20. The third-order valence-electron chi connectivity index (χ3n) is 1.88. The first-order valence-electron chi connectivity index (χ1n) is 4.37. The molecule has 14 heavy (non-hydrogen) atoms. The van der Waals surface area contributed by atoms with E-state index in [4.69, 9.17) is 10.3 Å². The molecule has 1 heterocycles. The van der Waals surface area contributed by atoms with Crippen molar-refractivity contribution in [2.75, 3.05) is 7.05 Å². The minimum atomic E-state index is -0.379. The van der Waals surface area contributed by atoms with E-state index in [9.17, 15) is 4.79 Å². The molecular formula is C8H14N4O2. The molecule has 6 nitrogen and oxygen atoms in total. The Morgan fingerprint density at radius 3 is 2.71 bits per heavy atom. The number of amides is 1. The van der Waals surface area contributed by atoms with Crippen molar-refractivity contribution >= 4 is 5.91 Å². The molecule has 0 saturated heterocycles. The van der Waals surface area contributed by atoms with Crippen LogP contribution in [0.3, 0.4) is 0 Å². The van der Waals surface area contributed by atoms with Gasteiger partial charge in [0.15, 0.2) is 0 Å². The molecule has 0 aliphatic heterocycles. The molecule has 0 bridgehead atoms. The molecule has 1 aromatic rings. The number of nitrogens with one attached hydrogen (secondary N) is 1. The molecule has 0 fully saturated rings. The molecular weight excluding hydrogens is 184 g/mol. The molecule has 0 radical (unpaired) electrons. The zero-order chi connectivity index (χ0) is 10.7. The molecule has 0 spiro atoms. The van der Waals surface area contributed by atoms with Crippen molar-refractivity contribution < 1.29 is 9.32 Å². The highest BCUT2D eigenvalue weighted by Crippen LogP contribution is 2.16. The number of carbonyl (C=O) groups excluding carboxylic acids is 1. The summed E-state index contributed by atoms with van der Waals surface area (Å²) in [6.45, 7) is 3.88. The van der Waals surface area contributed by atoms with Crippen LogP contribution >= 0.6 is 0 Å². The summed E-state index contributed by atoms with van der Waals surface area (Å²) in [5.41, 5.74) is 5.76. The van der Waals surface area contributed by atoms with Gasteiger partial charge < -0.3 is 15.6 Å². The van der Waals surface area contributed by atoms with Crippen molar-refractivity contribution in [3.63, 3.8) is 0 Å². The van der Waals surface area contributed by atoms with Crippen molar-refractivity contribution in [1.29, 1.82) is 0 Å². The van der Waals surface area contributed by atoms with Crippen molar-refractivity contribution in [1.82, 2.24) is 15.5 Å². The molecule has 1 rings (SSSR count). The number of carbonyl (C=O) groups is 1. The van der Waals surface area contributed by atoms with Gasteiger partial charge in [0.2, 0.25) is 5.89 Å². The zero-order valence-electron chi connectivity index (χ0n) is 8.44. The molecule has 0 aromatic carbocycles. The Morgan fingerprint density at radius 1 is 1.57 bits per heavy atom. The van der Waals surface area contributed by atoms with E-state index in [1.165, 1.54) is 7.05 Å². The van der Waals surface area contributed by atoms with Crippen LogP contribution in [0.15, 0.2) is 4.52 Å². The predicted octanol–water partition coefficient (Wildman–Crippen LogP) is 0.0850. The number of hydrogen-bond acceptors (Lipinski definition) is 5. The van der Waals surface area contributed by atoms with Gasteiger partial charge in [-0.1, -0.05) is 19.0 Å². The van der Waals surface area contributed by atoms with Crippen LogP contribution in [0.2, 0.25) is 0 Å². The quantitative estimate of drug-likeness (QED) is 0.717. The first-order valence-corrected chi connectivity index (χ1v) is 4.37. The number of rotatable bonds is 3. The minimum absolute atomic E-state index is 0.0126. The maximum atomic E-state index is 11.1. The number of hydrogen-bond donors (Lipinski definition) is 2. The third kappa shape index (κ3) is 2.08. The average molecular weight is 198 g/mol. The van der Waals surface area contributed by atoms with Gasteiger partial charge >= 0.3 is 0 Å². The Balaban J connectivity index is 2.82. The normalized spacial score (nSPS) is 12.9. The lowest BCUT2D eigenvalue weighted by atomic mass is 10.1. The summed E-state index contributed by atoms with van der Waals surface area (Å²) in [5.74, 6) is 0.112. The Bertz CT molecular complexity index is 321. The zero-order valence-corrected chi connectivity index (χ0v) is 8.44. The second-order valence-corrected chi connectivity index (χ2v) is 3.31. The van der Waals surface area contributed by atoms with E-state index in [2.05, 4.69) is 15.5 Å². The Morgan fingerprint density at radius 2 is 2.21 bits per heavy atom. The van der Waals surface area contributed by atoms with E-state index in [1.54, 1.807) is 0 Å². The predicted molar refractivity (Wildman–Crippen MR) is 49.5 cm³/mol. The van der Waals surface area contributed by atoms with E-state index in [-0.39, 0.29) is 23.7 Å². The van der Waals surface area contributed by atoms with Crippen LogP contribution in [0.25, 0.3) is 0 Å². The first kappa shape index (κ1) is 10.6. The van der Waals surface area contributed by atoms with Crippen LogP contribution in [-0.2, 0) is 0 Å². The fraction of sp³-hybridized carbons (Fsp3) is 0.625. The molecule has 0 unspecified atom stereocenters. The highest BCUT2D eigenvalue weighted by molar-refractivity contribution is 5.89. The summed E-state index contributed by atoms with van der Waals surface area (Å²) in [5, 5.41) is 5.91. The summed E-state index contributed by atoms with van der Waals surface area (Å²) < 4.78 is 4.86. The van der Waals surface area contributed by atoms with Gasteiger partial charge in [-0.2, -0.15) is 4.98 Å². The summed E-state index contributed by atoms with van der Waals surface area (Å²) in [6, 6.07) is -0.332. The number of aromatic nitrogens is 2. The molecule has 1 atom stereocenters. The molecule has 0 aliphatic rings. The molecule has 3 N–H and O–H groups in total. The van der Waals surface area contributed by atoms with Crippen LogP contribution in [-0.4, -0.2) is 23.1 Å². The SMILES string of the molecule is CNC(=O)c1noc([C@H](N)C(C)C)n1. The lowest BCUT2D eigenvalue weighted by molar-refractivity contribution is 0.0950. The van der Waals surface area contributed by atoms with Crippen molar-refractivity contribution in [3.8, 4) is 0 Å². The lowest BCUT2D eigenvalue weighted by Gasteiger charge is -2.08. The van der Waals surface area contributed by atoms with E-state index in [1.807, 2.05) is 13.8 Å². The van der Waals surface area contributed by atoms with Gasteiger partial charge in [0, 0.05) is 7.05 Å². The molecule has 1 aromatic heterocycles. The fourth-order valence-electron chi connectivity index (χ4n) is 0.860. The van der Waals surface area contributed by atoms with Gasteiger partial charge in [0.1, 0.15) is 0 Å². The number of nitrogens with zero attached hydrogens (tertiary/aromatic N) is 2. The number of nitrogens with two attached hydrogens (primary N) is 1. The van der Waals surface area contributed by atoms with Crippen LogP contribution in [0, 0.1) is 5.92 Å². The average Bonchev–Trinajstić information content (AvgIpc) is 2.64. The van der Waals surface area contributed by atoms with Gasteiger partial charge in [-0.05, 0) is 5.92 Å². The summed E-state index contributed by atoms with van der Waals surface area (Å²) >= 11 is 0. The van der Waals surface area contributed by atoms with Gasteiger partial charge in [0.05, 0.1) is 6.04 Å². The van der Waals surface area contributed by atoms with Crippen LogP contribution in [0.4, 0.5) is 0 Å². The first-order chi connectivity index (χ1) is 6.56. The van der Waals surface area contributed by atoms with Crippen LogP contribution < -0.4 is 11.1 Å².